The molecule has 1 aliphatic heterocycles. The van der Waals surface area contributed by atoms with Gasteiger partial charge in [0.05, 0.1) is 0 Å². The van der Waals surface area contributed by atoms with Gasteiger partial charge in [0.2, 0.25) is 0 Å². The van der Waals surface area contributed by atoms with Gasteiger partial charge in [-0.25, -0.2) is 5.01 Å². The Labute approximate surface area is 94.4 Å². The van der Waals surface area contributed by atoms with Crippen molar-refractivity contribution < 1.29 is 4.79 Å². The van der Waals surface area contributed by atoms with Crippen LogP contribution in [0.4, 0.5) is 0 Å². The third-order valence-electron chi connectivity index (χ3n) is 2.19. The van der Waals surface area contributed by atoms with E-state index in [0.29, 0.717) is 5.56 Å². The predicted octanol–water partition coefficient (Wildman–Crippen LogP) is 2.59. The van der Waals surface area contributed by atoms with E-state index < -0.39 is 0 Å². The molecule has 0 radical (unpaired) electrons. The number of rotatable bonds is 1. The fourth-order valence-electron chi connectivity index (χ4n) is 1.40. The number of benzene rings is 1. The number of carbonyl (C=O) groups excluding carboxylic acids is 1. The van der Waals surface area contributed by atoms with Crippen molar-refractivity contribution in [3.05, 3.63) is 59.8 Å². The highest BCUT2D eigenvalue weighted by atomic mass is 16.2. The van der Waals surface area contributed by atoms with Gasteiger partial charge in [-0.15, -0.1) is 0 Å². The first-order chi connectivity index (χ1) is 7.77. The first-order valence-electron chi connectivity index (χ1n) is 5.05. The first-order valence-corrected chi connectivity index (χ1v) is 5.05. The van der Waals surface area contributed by atoms with E-state index in [1.54, 1.807) is 24.5 Å². The summed E-state index contributed by atoms with van der Waals surface area (Å²) in [7, 11) is 0. The smallest absolute Gasteiger partial charge is 0.267 e. The van der Waals surface area contributed by atoms with Gasteiger partial charge >= 0.3 is 0 Å². The lowest BCUT2D eigenvalue weighted by molar-refractivity contribution is 0.0826. The number of nitrogens with zero attached hydrogens (tertiary/aromatic N) is 2. The monoisotopic (exact) mass is 212 g/mol. The van der Waals surface area contributed by atoms with Crippen molar-refractivity contribution in [3.8, 4) is 0 Å². The Morgan fingerprint density at radius 3 is 2.75 bits per heavy atom. The highest BCUT2D eigenvalue weighted by Crippen LogP contribution is 2.09. The molecule has 0 unspecified atom stereocenters. The molecule has 1 aromatic carbocycles. The molecule has 80 valence electrons. The van der Waals surface area contributed by atoms with Crippen molar-refractivity contribution in [2.75, 3.05) is 0 Å². The van der Waals surface area contributed by atoms with Crippen LogP contribution < -0.4 is 0 Å². The molecule has 0 aliphatic carbocycles. The van der Waals surface area contributed by atoms with Gasteiger partial charge in [-0.1, -0.05) is 24.3 Å². The minimum Gasteiger partial charge on any atom is -0.267 e. The zero-order chi connectivity index (χ0) is 11.4. The van der Waals surface area contributed by atoms with E-state index in [1.165, 1.54) is 5.01 Å². The number of hydrogen-bond acceptors (Lipinski definition) is 2. The van der Waals surface area contributed by atoms with Crippen LogP contribution in [0.15, 0.2) is 59.4 Å². The highest BCUT2D eigenvalue weighted by molar-refractivity contribution is 5.95. The quantitative estimate of drug-likeness (QED) is 0.704. The van der Waals surface area contributed by atoms with Gasteiger partial charge in [-0.3, -0.25) is 4.79 Å². The molecule has 1 aromatic rings. The van der Waals surface area contributed by atoms with Crippen molar-refractivity contribution >= 4 is 12.1 Å². The molecule has 0 bridgehead atoms. The lowest BCUT2D eigenvalue weighted by atomic mass is 10.2. The molecule has 1 heterocycles. The maximum absolute atomic E-state index is 12.0. The Morgan fingerprint density at radius 2 is 2.00 bits per heavy atom. The van der Waals surface area contributed by atoms with E-state index in [0.717, 1.165) is 5.57 Å². The molecule has 0 spiro atoms. The molecule has 1 amide bonds. The fraction of sp³-hybridized carbons (Fsp3) is 0.0769. The Hall–Kier alpha value is -2.16. The lowest BCUT2D eigenvalue weighted by Crippen LogP contribution is -2.20. The van der Waals surface area contributed by atoms with Gasteiger partial charge in [0, 0.05) is 18.0 Å². The van der Waals surface area contributed by atoms with Crippen molar-refractivity contribution in [2.24, 2.45) is 5.10 Å². The molecule has 0 atom stereocenters. The summed E-state index contributed by atoms with van der Waals surface area (Å²) in [5, 5.41) is 5.40. The molecular weight excluding hydrogens is 200 g/mol. The molecule has 0 saturated heterocycles. The summed E-state index contributed by atoms with van der Waals surface area (Å²) in [4.78, 5) is 12.0. The average molecular weight is 212 g/mol. The summed E-state index contributed by atoms with van der Waals surface area (Å²) >= 11 is 0. The van der Waals surface area contributed by atoms with E-state index in [9.17, 15) is 4.79 Å². The predicted molar refractivity (Wildman–Crippen MR) is 64.0 cm³/mol. The Bertz CT molecular complexity index is 472. The van der Waals surface area contributed by atoms with Crippen LogP contribution in [0.25, 0.3) is 0 Å². The van der Waals surface area contributed by atoms with Crippen LogP contribution in [0.2, 0.25) is 0 Å². The van der Waals surface area contributed by atoms with Gasteiger partial charge in [0.15, 0.2) is 0 Å². The van der Waals surface area contributed by atoms with Gasteiger partial charge in [-0.2, -0.15) is 5.10 Å². The molecule has 0 fully saturated rings. The third kappa shape index (κ3) is 2.25. The SMILES string of the molecule is CC1=CN(C(=O)c2ccccc2)N=CC=C1. The van der Waals surface area contributed by atoms with Crippen LogP contribution in [0.5, 0.6) is 0 Å². The number of hydrazone groups is 1. The minimum absolute atomic E-state index is 0.125. The van der Waals surface area contributed by atoms with Crippen molar-refractivity contribution in [2.45, 2.75) is 6.92 Å². The van der Waals surface area contributed by atoms with Gasteiger partial charge in [0.25, 0.3) is 5.91 Å². The summed E-state index contributed by atoms with van der Waals surface area (Å²) < 4.78 is 0. The van der Waals surface area contributed by atoms with E-state index in [4.69, 9.17) is 0 Å². The van der Waals surface area contributed by atoms with E-state index >= 15 is 0 Å². The van der Waals surface area contributed by atoms with E-state index in [1.807, 2.05) is 37.3 Å². The topological polar surface area (TPSA) is 32.7 Å². The largest absolute Gasteiger partial charge is 0.278 e. The normalized spacial score (nSPS) is 14.6. The number of allylic oxidation sites excluding steroid dienone is 3. The van der Waals surface area contributed by atoms with Crippen molar-refractivity contribution in [3.63, 3.8) is 0 Å². The fourth-order valence-corrected chi connectivity index (χ4v) is 1.40. The van der Waals surface area contributed by atoms with Gasteiger partial charge in [0.1, 0.15) is 0 Å². The summed E-state index contributed by atoms with van der Waals surface area (Å²) in [6.45, 7) is 1.93. The van der Waals surface area contributed by atoms with Crippen LogP contribution in [0.3, 0.4) is 0 Å². The molecule has 0 saturated carbocycles. The summed E-state index contributed by atoms with van der Waals surface area (Å²) in [6, 6.07) is 9.11. The van der Waals surface area contributed by atoms with Gasteiger partial charge < -0.3 is 0 Å². The second-order valence-electron chi connectivity index (χ2n) is 3.51. The number of carbonyl (C=O) groups is 1. The minimum atomic E-state index is -0.125. The zero-order valence-corrected chi connectivity index (χ0v) is 9.00. The summed E-state index contributed by atoms with van der Waals surface area (Å²) in [5.74, 6) is -0.125. The molecule has 0 N–H and O–H groups in total. The van der Waals surface area contributed by atoms with Crippen LogP contribution >= 0.6 is 0 Å². The summed E-state index contributed by atoms with van der Waals surface area (Å²) in [6.07, 6.45) is 7.04. The standard InChI is InChI=1S/C13H12N2O/c1-11-6-5-9-14-15(10-11)13(16)12-7-3-2-4-8-12/h2-10H,1H3. The highest BCUT2D eigenvalue weighted by Gasteiger charge is 2.12. The Balaban J connectivity index is 2.26. The van der Waals surface area contributed by atoms with Crippen LogP contribution in [0, 0.1) is 0 Å². The molecule has 1 aliphatic rings. The van der Waals surface area contributed by atoms with E-state index in [2.05, 4.69) is 5.10 Å². The molecule has 2 rings (SSSR count). The molecule has 16 heavy (non-hydrogen) atoms. The van der Waals surface area contributed by atoms with Crippen LogP contribution in [-0.2, 0) is 0 Å². The first kappa shape index (κ1) is 10.4. The van der Waals surface area contributed by atoms with E-state index in [-0.39, 0.29) is 5.91 Å². The molecule has 3 heteroatoms. The Kier molecular flexibility index (Phi) is 2.96. The van der Waals surface area contributed by atoms with Gasteiger partial charge in [-0.05, 0) is 30.7 Å². The van der Waals surface area contributed by atoms with Crippen LogP contribution in [0.1, 0.15) is 17.3 Å². The summed E-state index contributed by atoms with van der Waals surface area (Å²) in [5.41, 5.74) is 1.62. The maximum Gasteiger partial charge on any atom is 0.278 e. The second-order valence-corrected chi connectivity index (χ2v) is 3.51. The molecule has 3 nitrogen and oxygen atoms in total. The lowest BCUT2D eigenvalue weighted by Gasteiger charge is -2.11. The second kappa shape index (κ2) is 4.57. The van der Waals surface area contributed by atoms with Crippen molar-refractivity contribution in [1.29, 1.82) is 0 Å². The van der Waals surface area contributed by atoms with Crippen molar-refractivity contribution in [1.82, 2.24) is 5.01 Å². The number of amides is 1. The Morgan fingerprint density at radius 1 is 1.25 bits per heavy atom. The maximum atomic E-state index is 12.0. The molecular formula is C13H12N2O. The third-order valence-corrected chi connectivity index (χ3v) is 2.19. The number of hydrogen-bond donors (Lipinski definition) is 0. The zero-order valence-electron chi connectivity index (χ0n) is 9.00. The molecule has 0 aromatic heterocycles. The average Bonchev–Trinajstić information content (AvgIpc) is 2.54. The van der Waals surface area contributed by atoms with Crippen LogP contribution in [-0.4, -0.2) is 17.1 Å².